The van der Waals surface area contributed by atoms with Crippen LogP contribution >= 0.6 is 12.4 Å². The van der Waals surface area contributed by atoms with Gasteiger partial charge in [-0.1, -0.05) is 12.1 Å². The van der Waals surface area contributed by atoms with E-state index in [4.69, 9.17) is 10.5 Å². The summed E-state index contributed by atoms with van der Waals surface area (Å²) >= 11 is 0. The molecule has 0 radical (unpaired) electrons. The van der Waals surface area contributed by atoms with Crippen LogP contribution in [-0.4, -0.2) is 26.1 Å². The molecule has 4 rings (SSSR count). The number of amides is 1. The van der Waals surface area contributed by atoms with Crippen LogP contribution < -0.4 is 15.8 Å². The standard InChI is InChI=1S/C21H29FN2O2.ClH/c1-15-11-17(3-4-18(15)26-14-16(12-22)13-23)20-5-8-21(9-6-20,10-7-20)19(25)24-2;/h3-4,11-12H,5-10,13-14,23H2,1-2H3,(H,24,25);1H/b16-12+;. The van der Waals surface area contributed by atoms with Crippen molar-refractivity contribution in [2.24, 2.45) is 11.1 Å². The van der Waals surface area contributed by atoms with E-state index in [2.05, 4.69) is 17.4 Å². The quantitative estimate of drug-likeness (QED) is 0.765. The van der Waals surface area contributed by atoms with Gasteiger partial charge in [0.1, 0.15) is 12.4 Å². The molecule has 0 atom stereocenters. The van der Waals surface area contributed by atoms with E-state index in [1.807, 2.05) is 13.0 Å². The second kappa shape index (κ2) is 8.61. The van der Waals surface area contributed by atoms with E-state index < -0.39 is 0 Å². The number of ether oxygens (including phenoxy) is 1. The minimum absolute atomic E-state index is 0. The second-order valence-electron chi connectivity index (χ2n) is 7.88. The summed E-state index contributed by atoms with van der Waals surface area (Å²) in [6.07, 6.45) is 6.58. The van der Waals surface area contributed by atoms with E-state index in [1.54, 1.807) is 7.05 Å². The SMILES string of the molecule is CNC(=O)C12CCC(c3ccc(OC/C(=C/F)CN)c(C)c3)(CC1)CC2.Cl. The van der Waals surface area contributed by atoms with E-state index >= 15 is 0 Å². The van der Waals surface area contributed by atoms with Crippen LogP contribution in [0.2, 0.25) is 0 Å². The largest absolute Gasteiger partial charge is 0.489 e. The third-order valence-corrected chi connectivity index (χ3v) is 6.57. The molecule has 0 aliphatic heterocycles. The van der Waals surface area contributed by atoms with E-state index in [1.165, 1.54) is 5.56 Å². The molecular weight excluding hydrogens is 367 g/mol. The van der Waals surface area contributed by atoms with E-state index in [0.717, 1.165) is 49.8 Å². The van der Waals surface area contributed by atoms with Crippen LogP contribution in [0.3, 0.4) is 0 Å². The highest BCUT2D eigenvalue weighted by atomic mass is 35.5. The summed E-state index contributed by atoms with van der Waals surface area (Å²) in [6, 6.07) is 6.33. The Labute approximate surface area is 167 Å². The number of benzene rings is 1. The predicted octanol–water partition coefficient (Wildman–Crippen LogP) is 3.95. The summed E-state index contributed by atoms with van der Waals surface area (Å²) in [5, 5.41) is 2.86. The number of nitrogens with one attached hydrogen (secondary N) is 1. The summed E-state index contributed by atoms with van der Waals surface area (Å²) < 4.78 is 18.4. The molecular formula is C21H30ClFN2O2. The Hall–Kier alpha value is -1.59. The molecule has 3 fully saturated rings. The van der Waals surface area contributed by atoms with Gasteiger partial charge in [0.15, 0.2) is 0 Å². The average Bonchev–Trinajstić information content (AvgIpc) is 2.70. The van der Waals surface area contributed by atoms with Gasteiger partial charge in [-0.3, -0.25) is 4.79 Å². The Kier molecular flexibility index (Phi) is 6.92. The maximum atomic E-state index is 12.6. The first-order valence-corrected chi connectivity index (χ1v) is 9.43. The lowest BCUT2D eigenvalue weighted by Gasteiger charge is -2.52. The maximum absolute atomic E-state index is 12.6. The minimum Gasteiger partial charge on any atom is -0.489 e. The van der Waals surface area contributed by atoms with Crippen molar-refractivity contribution in [1.29, 1.82) is 0 Å². The van der Waals surface area contributed by atoms with Crippen molar-refractivity contribution in [2.75, 3.05) is 20.2 Å². The number of fused-ring (bicyclic) bond motifs is 3. The molecule has 3 saturated carbocycles. The van der Waals surface area contributed by atoms with Gasteiger partial charge in [0.05, 0.1) is 6.33 Å². The molecule has 1 aromatic rings. The maximum Gasteiger partial charge on any atom is 0.225 e. The first-order chi connectivity index (χ1) is 12.5. The smallest absolute Gasteiger partial charge is 0.225 e. The molecule has 0 saturated heterocycles. The highest BCUT2D eigenvalue weighted by molar-refractivity contribution is 5.85. The molecule has 3 aliphatic carbocycles. The van der Waals surface area contributed by atoms with Crippen LogP contribution in [0.15, 0.2) is 30.1 Å². The van der Waals surface area contributed by atoms with Gasteiger partial charge in [0.2, 0.25) is 5.91 Å². The van der Waals surface area contributed by atoms with Crippen LogP contribution in [0, 0.1) is 12.3 Å². The second-order valence-corrected chi connectivity index (χ2v) is 7.88. The van der Waals surface area contributed by atoms with E-state index in [-0.39, 0.29) is 42.3 Å². The third-order valence-electron chi connectivity index (χ3n) is 6.57. The van der Waals surface area contributed by atoms with Gasteiger partial charge in [-0.05, 0) is 68.1 Å². The van der Waals surface area contributed by atoms with Gasteiger partial charge in [0, 0.05) is 24.6 Å². The molecule has 150 valence electrons. The molecule has 3 aliphatic rings. The number of carbonyl (C=O) groups excluding carboxylic acids is 1. The summed E-state index contributed by atoms with van der Waals surface area (Å²) in [7, 11) is 1.74. The van der Waals surface area contributed by atoms with Crippen molar-refractivity contribution >= 4 is 18.3 Å². The van der Waals surface area contributed by atoms with Crippen molar-refractivity contribution < 1.29 is 13.9 Å². The number of hydrogen-bond acceptors (Lipinski definition) is 3. The minimum atomic E-state index is -0.147. The fourth-order valence-corrected chi connectivity index (χ4v) is 4.67. The average molecular weight is 397 g/mol. The molecule has 0 unspecified atom stereocenters. The van der Waals surface area contributed by atoms with Gasteiger partial charge in [0.25, 0.3) is 0 Å². The number of rotatable bonds is 6. The topological polar surface area (TPSA) is 64.3 Å². The lowest BCUT2D eigenvalue weighted by atomic mass is 9.51. The van der Waals surface area contributed by atoms with Gasteiger partial charge >= 0.3 is 0 Å². The predicted molar refractivity (Wildman–Crippen MR) is 108 cm³/mol. The molecule has 27 heavy (non-hydrogen) atoms. The summed E-state index contributed by atoms with van der Waals surface area (Å²) in [5.74, 6) is 0.978. The van der Waals surface area contributed by atoms with Crippen molar-refractivity contribution in [2.45, 2.75) is 50.9 Å². The zero-order valence-electron chi connectivity index (χ0n) is 16.1. The molecule has 0 heterocycles. The lowest BCUT2D eigenvalue weighted by Crippen LogP contribution is -2.51. The van der Waals surface area contributed by atoms with Crippen LogP contribution in [0.1, 0.15) is 49.7 Å². The highest BCUT2D eigenvalue weighted by Crippen LogP contribution is 2.58. The molecule has 0 spiro atoms. The third kappa shape index (κ3) is 3.99. The fraction of sp³-hybridized carbons (Fsp3) is 0.571. The van der Waals surface area contributed by atoms with Crippen LogP contribution in [0.5, 0.6) is 5.75 Å². The van der Waals surface area contributed by atoms with Crippen molar-refractivity contribution in [1.82, 2.24) is 5.32 Å². The zero-order valence-corrected chi connectivity index (χ0v) is 17.0. The number of carbonyl (C=O) groups is 1. The van der Waals surface area contributed by atoms with Crippen LogP contribution in [0.25, 0.3) is 0 Å². The molecule has 3 N–H and O–H groups in total. The number of nitrogens with two attached hydrogens (primary N) is 1. The Morgan fingerprint density at radius 1 is 1.26 bits per heavy atom. The van der Waals surface area contributed by atoms with E-state index in [9.17, 15) is 9.18 Å². The normalized spacial score (nSPS) is 27.0. The molecule has 1 aromatic carbocycles. The summed E-state index contributed by atoms with van der Waals surface area (Å²) in [6.45, 7) is 2.36. The Morgan fingerprint density at radius 2 is 1.89 bits per heavy atom. The van der Waals surface area contributed by atoms with Gasteiger partial charge < -0.3 is 15.8 Å². The van der Waals surface area contributed by atoms with Gasteiger partial charge in [-0.2, -0.15) is 0 Å². The Bertz CT molecular complexity index is 696. The molecule has 0 aromatic heterocycles. The molecule has 6 heteroatoms. The van der Waals surface area contributed by atoms with Crippen LogP contribution in [0.4, 0.5) is 4.39 Å². The Morgan fingerprint density at radius 3 is 2.37 bits per heavy atom. The summed E-state index contributed by atoms with van der Waals surface area (Å²) in [4.78, 5) is 12.3. The number of hydrogen-bond donors (Lipinski definition) is 2. The Balaban J connectivity index is 0.00000261. The van der Waals surface area contributed by atoms with Gasteiger partial charge in [-0.15, -0.1) is 12.4 Å². The first kappa shape index (κ1) is 21.7. The van der Waals surface area contributed by atoms with Gasteiger partial charge in [-0.25, -0.2) is 4.39 Å². The zero-order chi connectivity index (χ0) is 18.8. The lowest BCUT2D eigenvalue weighted by molar-refractivity contribution is -0.137. The first-order valence-electron chi connectivity index (χ1n) is 9.43. The van der Waals surface area contributed by atoms with Crippen LogP contribution in [-0.2, 0) is 10.2 Å². The molecule has 1 amide bonds. The molecule has 2 bridgehead atoms. The monoisotopic (exact) mass is 396 g/mol. The number of halogens is 2. The van der Waals surface area contributed by atoms with E-state index in [0.29, 0.717) is 11.9 Å². The number of aryl methyl sites for hydroxylation is 1. The molecule has 4 nitrogen and oxygen atoms in total. The van der Waals surface area contributed by atoms with Crippen molar-refractivity contribution in [3.63, 3.8) is 0 Å². The van der Waals surface area contributed by atoms with Crippen molar-refractivity contribution in [3.05, 3.63) is 41.2 Å². The summed E-state index contributed by atoms with van der Waals surface area (Å²) in [5.41, 5.74) is 8.34. The highest BCUT2D eigenvalue weighted by Gasteiger charge is 2.52. The van der Waals surface area contributed by atoms with Crippen molar-refractivity contribution in [3.8, 4) is 5.75 Å². The fourth-order valence-electron chi connectivity index (χ4n) is 4.67.